The number of hydrogen-bond donors (Lipinski definition) is 2. The van der Waals surface area contributed by atoms with E-state index in [1.54, 1.807) is 0 Å². The van der Waals surface area contributed by atoms with Crippen LogP contribution in [-0.4, -0.2) is 40.1 Å². The Morgan fingerprint density at radius 3 is 2.63 bits per heavy atom. The van der Waals surface area contributed by atoms with Crippen molar-refractivity contribution < 1.29 is 24.4 Å². The minimum Gasteiger partial charge on any atom is -0.481 e. The number of carbonyl (C=O) groups is 2. The number of hydrogen-bond acceptors (Lipinski definition) is 7. The van der Waals surface area contributed by atoms with Crippen LogP contribution in [0, 0.1) is 10.1 Å². The van der Waals surface area contributed by atoms with Gasteiger partial charge in [-0.15, -0.1) is 0 Å². The molecule has 0 fully saturated rings. The quantitative estimate of drug-likeness (QED) is 0.389. The Bertz CT molecular complexity index is 825. The van der Waals surface area contributed by atoms with Crippen molar-refractivity contribution in [3.05, 3.63) is 63.8 Å². The number of aromatic nitrogens is 1. The predicted molar refractivity (Wildman–Crippen MR) is 96.7 cm³/mol. The summed E-state index contributed by atoms with van der Waals surface area (Å²) in [7, 11) is 1.17. The summed E-state index contributed by atoms with van der Waals surface area (Å²) in [5.41, 5.74) is 0.528. The number of rotatable bonds is 9. The summed E-state index contributed by atoms with van der Waals surface area (Å²) in [4.78, 5) is 37.2. The number of nitro groups is 1. The maximum absolute atomic E-state index is 11.6. The first kappa shape index (κ1) is 19.8. The lowest BCUT2D eigenvalue weighted by Crippen LogP contribution is -2.24. The maximum Gasteiger partial charge on any atom is 0.339 e. The van der Waals surface area contributed by atoms with Crippen molar-refractivity contribution in [2.75, 3.05) is 12.4 Å². The topological polar surface area (TPSA) is 132 Å². The van der Waals surface area contributed by atoms with Crippen molar-refractivity contribution >= 4 is 23.4 Å². The van der Waals surface area contributed by atoms with Gasteiger partial charge >= 0.3 is 17.6 Å². The van der Waals surface area contributed by atoms with E-state index in [2.05, 4.69) is 15.0 Å². The van der Waals surface area contributed by atoms with Gasteiger partial charge in [-0.2, -0.15) is 0 Å². The van der Waals surface area contributed by atoms with Crippen molar-refractivity contribution in [2.24, 2.45) is 0 Å². The van der Waals surface area contributed by atoms with Gasteiger partial charge in [-0.05, 0) is 18.4 Å². The van der Waals surface area contributed by atoms with Crippen molar-refractivity contribution in [2.45, 2.75) is 25.3 Å². The molecule has 0 radical (unpaired) electrons. The molecule has 1 aromatic carbocycles. The van der Waals surface area contributed by atoms with Crippen LogP contribution in [0.5, 0.6) is 0 Å². The molecule has 2 N–H and O–H groups in total. The summed E-state index contributed by atoms with van der Waals surface area (Å²) in [5.74, 6) is -1.72. The Kier molecular flexibility index (Phi) is 6.81. The van der Waals surface area contributed by atoms with Crippen LogP contribution in [-0.2, 0) is 16.0 Å². The number of carboxylic acid groups (broad SMARTS) is 1. The van der Waals surface area contributed by atoms with E-state index in [1.165, 1.54) is 13.3 Å². The molecular weight excluding hydrogens is 354 g/mol. The van der Waals surface area contributed by atoms with Crippen molar-refractivity contribution in [1.29, 1.82) is 0 Å². The molecule has 2 rings (SSSR count). The van der Waals surface area contributed by atoms with Crippen molar-refractivity contribution in [1.82, 2.24) is 4.98 Å². The molecule has 0 amide bonds. The van der Waals surface area contributed by atoms with E-state index in [1.807, 2.05) is 30.3 Å². The minimum absolute atomic E-state index is 0.0287. The average Bonchev–Trinajstić information content (AvgIpc) is 2.66. The van der Waals surface area contributed by atoms with Crippen LogP contribution in [0.1, 0.15) is 28.8 Å². The first-order chi connectivity index (χ1) is 12.9. The smallest absolute Gasteiger partial charge is 0.339 e. The molecular formula is C18H19N3O6. The molecule has 0 bridgehead atoms. The fraction of sp³-hybridized carbons (Fsp3) is 0.278. The van der Waals surface area contributed by atoms with E-state index < -0.39 is 22.9 Å². The van der Waals surface area contributed by atoms with Gasteiger partial charge in [0.1, 0.15) is 0 Å². The highest BCUT2D eigenvalue weighted by Crippen LogP contribution is 2.25. The lowest BCUT2D eigenvalue weighted by atomic mass is 10.0. The molecule has 0 aliphatic heterocycles. The summed E-state index contributed by atoms with van der Waals surface area (Å²) in [5, 5.41) is 23.3. The first-order valence-corrected chi connectivity index (χ1v) is 8.15. The van der Waals surface area contributed by atoms with Crippen molar-refractivity contribution in [3.8, 4) is 0 Å². The van der Waals surface area contributed by atoms with E-state index >= 15 is 0 Å². The number of benzene rings is 1. The van der Waals surface area contributed by atoms with E-state index in [9.17, 15) is 19.7 Å². The molecule has 0 saturated carbocycles. The maximum atomic E-state index is 11.6. The van der Waals surface area contributed by atoms with Crippen molar-refractivity contribution in [3.63, 3.8) is 0 Å². The summed E-state index contributed by atoms with van der Waals surface area (Å²) in [6, 6.07) is 10.0. The number of carbonyl (C=O) groups excluding carboxylic acids is 1. The third-order valence-electron chi connectivity index (χ3n) is 3.86. The third kappa shape index (κ3) is 5.77. The Morgan fingerprint density at radius 1 is 1.33 bits per heavy atom. The Balaban J connectivity index is 2.27. The zero-order valence-corrected chi connectivity index (χ0v) is 14.6. The number of pyridine rings is 1. The Morgan fingerprint density at radius 2 is 2.04 bits per heavy atom. The number of nitrogens with zero attached hydrogens (tertiary/aromatic N) is 2. The third-order valence-corrected chi connectivity index (χ3v) is 3.86. The zero-order valence-electron chi connectivity index (χ0n) is 14.6. The van der Waals surface area contributed by atoms with Gasteiger partial charge in [0.05, 0.1) is 17.6 Å². The zero-order chi connectivity index (χ0) is 19.8. The van der Waals surface area contributed by atoms with Crippen LogP contribution >= 0.6 is 0 Å². The van der Waals surface area contributed by atoms with Gasteiger partial charge in [-0.3, -0.25) is 14.9 Å². The van der Waals surface area contributed by atoms with Crippen LogP contribution in [0.15, 0.2) is 42.6 Å². The number of methoxy groups -OCH3 is 1. The highest BCUT2D eigenvalue weighted by atomic mass is 16.6. The largest absolute Gasteiger partial charge is 0.481 e. The number of aliphatic carboxylic acids is 1. The molecule has 2 aromatic rings. The molecule has 1 unspecified atom stereocenters. The van der Waals surface area contributed by atoms with Gasteiger partial charge in [0.25, 0.3) is 0 Å². The molecule has 1 heterocycles. The molecule has 0 spiro atoms. The van der Waals surface area contributed by atoms with Gasteiger partial charge < -0.3 is 15.2 Å². The van der Waals surface area contributed by atoms with Crippen LogP contribution < -0.4 is 5.32 Å². The average molecular weight is 373 g/mol. The Hall–Kier alpha value is -3.49. The van der Waals surface area contributed by atoms with Gasteiger partial charge in [0.2, 0.25) is 5.82 Å². The molecule has 142 valence electrons. The number of anilines is 1. The Labute approximate surface area is 155 Å². The van der Waals surface area contributed by atoms with E-state index in [0.717, 1.165) is 11.6 Å². The molecule has 1 aromatic heterocycles. The summed E-state index contributed by atoms with van der Waals surface area (Å²) >= 11 is 0. The summed E-state index contributed by atoms with van der Waals surface area (Å²) in [6.45, 7) is 0. The van der Waals surface area contributed by atoms with E-state index in [4.69, 9.17) is 5.11 Å². The molecule has 0 aliphatic rings. The number of carboxylic acids is 1. The number of esters is 1. The van der Waals surface area contributed by atoms with Gasteiger partial charge in [-0.25, -0.2) is 9.78 Å². The number of ether oxygens (including phenoxy) is 1. The fourth-order valence-corrected chi connectivity index (χ4v) is 2.55. The monoisotopic (exact) mass is 373 g/mol. The minimum atomic E-state index is -0.960. The van der Waals surface area contributed by atoms with E-state index in [0.29, 0.717) is 6.42 Å². The van der Waals surface area contributed by atoms with Crippen LogP contribution in [0.4, 0.5) is 11.5 Å². The van der Waals surface area contributed by atoms with Crippen LogP contribution in [0.2, 0.25) is 0 Å². The summed E-state index contributed by atoms with van der Waals surface area (Å²) in [6.07, 6.45) is 1.80. The van der Waals surface area contributed by atoms with Gasteiger partial charge in [0.15, 0.2) is 0 Å². The lowest BCUT2D eigenvalue weighted by molar-refractivity contribution is -0.384. The molecule has 27 heavy (non-hydrogen) atoms. The van der Waals surface area contributed by atoms with Crippen LogP contribution in [0.25, 0.3) is 0 Å². The highest BCUT2D eigenvalue weighted by Gasteiger charge is 2.22. The van der Waals surface area contributed by atoms with Crippen LogP contribution in [0.3, 0.4) is 0 Å². The molecule has 9 nitrogen and oxygen atoms in total. The standard InChI is InChI=1S/C18H19N3O6/c1-27-18(24)13-10-15(21(25)26)17(19-11-13)20-14(7-8-16(22)23)9-12-5-3-2-4-6-12/h2-6,10-11,14H,7-9H2,1H3,(H,19,20)(H,22,23). The van der Waals surface area contributed by atoms with Gasteiger partial charge in [-0.1, -0.05) is 30.3 Å². The summed E-state index contributed by atoms with van der Waals surface area (Å²) < 4.78 is 4.55. The first-order valence-electron chi connectivity index (χ1n) is 8.15. The normalized spacial score (nSPS) is 11.4. The predicted octanol–water partition coefficient (Wildman–Crippen LogP) is 2.66. The number of nitrogens with one attached hydrogen (secondary N) is 1. The second kappa shape index (κ2) is 9.27. The SMILES string of the molecule is COC(=O)c1cnc(NC(CCC(=O)O)Cc2ccccc2)c([N+](=O)[O-])c1. The lowest BCUT2D eigenvalue weighted by Gasteiger charge is -2.19. The molecule has 1 atom stereocenters. The molecule has 0 saturated heterocycles. The van der Waals surface area contributed by atoms with Gasteiger partial charge in [0, 0.05) is 24.7 Å². The molecule has 9 heteroatoms. The second-order valence-electron chi connectivity index (χ2n) is 5.80. The second-order valence-corrected chi connectivity index (χ2v) is 5.80. The molecule has 0 aliphatic carbocycles. The highest BCUT2D eigenvalue weighted by molar-refractivity contribution is 5.90. The fourth-order valence-electron chi connectivity index (χ4n) is 2.55. The van der Waals surface area contributed by atoms with E-state index in [-0.39, 0.29) is 29.9 Å².